The van der Waals surface area contributed by atoms with Gasteiger partial charge in [0.1, 0.15) is 0 Å². The normalized spacial score (nSPS) is 9.64. The van der Waals surface area contributed by atoms with Gasteiger partial charge in [-0.15, -0.1) is 0 Å². The van der Waals surface area contributed by atoms with Crippen molar-refractivity contribution in [3.8, 4) is 0 Å². The Morgan fingerprint density at radius 2 is 1.91 bits per heavy atom. The summed E-state index contributed by atoms with van der Waals surface area (Å²) in [6.45, 7) is 0.879. The highest BCUT2D eigenvalue weighted by Gasteiger charge is 1.94. The van der Waals surface area contributed by atoms with Crippen LogP contribution in [0.4, 0.5) is 5.69 Å². The van der Waals surface area contributed by atoms with Gasteiger partial charge in [0.15, 0.2) is 0 Å². The molecule has 0 aromatic heterocycles. The van der Waals surface area contributed by atoms with Crippen LogP contribution < -0.4 is 10.2 Å². The quantitative estimate of drug-likeness (QED) is 0.653. The van der Waals surface area contributed by atoms with Crippen LogP contribution in [0.15, 0.2) is 30.3 Å². The van der Waals surface area contributed by atoms with Gasteiger partial charge in [0, 0.05) is 12.7 Å². The first-order valence-electron chi connectivity index (χ1n) is 3.75. The van der Waals surface area contributed by atoms with Crippen LogP contribution in [0.2, 0.25) is 0 Å². The van der Waals surface area contributed by atoms with E-state index >= 15 is 0 Å². The maximum Gasteiger partial charge on any atom is 0.0676 e. The Kier molecular flexibility index (Phi) is 2.93. The fourth-order valence-corrected chi connectivity index (χ4v) is 1.01. The zero-order chi connectivity index (χ0) is 8.10. The van der Waals surface area contributed by atoms with Crippen molar-refractivity contribution in [3.63, 3.8) is 0 Å². The van der Waals surface area contributed by atoms with Gasteiger partial charge in [0.2, 0.25) is 0 Å². The van der Waals surface area contributed by atoms with Gasteiger partial charge in [-0.05, 0) is 19.2 Å². The third-order valence-corrected chi connectivity index (χ3v) is 1.59. The van der Waals surface area contributed by atoms with Crippen molar-refractivity contribution < 1.29 is 0 Å². The molecule has 2 nitrogen and oxygen atoms in total. The molecule has 2 heteroatoms. The molecule has 0 saturated carbocycles. The number of benzene rings is 1. The van der Waals surface area contributed by atoms with Gasteiger partial charge in [-0.25, -0.2) is 0 Å². The Hall–Kier alpha value is -1.02. The number of hydrogen-bond donors (Lipinski definition) is 1. The standard InChI is InChI=1S/C9H14N2/c1-10-8-11(2)9-6-4-3-5-7-9/h3-7,10H,8H2,1-2H3. The first-order valence-corrected chi connectivity index (χ1v) is 3.75. The van der Waals surface area contributed by atoms with Gasteiger partial charge >= 0.3 is 0 Å². The molecule has 0 saturated heterocycles. The average molecular weight is 150 g/mol. The lowest BCUT2D eigenvalue weighted by atomic mass is 10.3. The summed E-state index contributed by atoms with van der Waals surface area (Å²) >= 11 is 0. The van der Waals surface area contributed by atoms with Crippen LogP contribution in [0.5, 0.6) is 0 Å². The molecular weight excluding hydrogens is 136 g/mol. The molecule has 1 rings (SSSR count). The van der Waals surface area contributed by atoms with E-state index in [2.05, 4.69) is 29.4 Å². The largest absolute Gasteiger partial charge is 0.362 e. The molecule has 0 aliphatic carbocycles. The van der Waals surface area contributed by atoms with Gasteiger partial charge in [-0.2, -0.15) is 0 Å². The highest BCUT2D eigenvalue weighted by molar-refractivity contribution is 5.44. The minimum absolute atomic E-state index is 0.879. The van der Waals surface area contributed by atoms with Gasteiger partial charge in [0.25, 0.3) is 0 Å². The Bertz CT molecular complexity index is 196. The van der Waals surface area contributed by atoms with Gasteiger partial charge in [0.05, 0.1) is 6.67 Å². The molecule has 0 fully saturated rings. The first-order chi connectivity index (χ1) is 5.34. The molecule has 0 atom stereocenters. The topological polar surface area (TPSA) is 15.3 Å². The third kappa shape index (κ3) is 2.24. The number of nitrogens with zero attached hydrogens (tertiary/aromatic N) is 1. The summed E-state index contributed by atoms with van der Waals surface area (Å²) in [5, 5.41) is 3.09. The number of anilines is 1. The summed E-state index contributed by atoms with van der Waals surface area (Å²) in [7, 11) is 4.01. The molecule has 60 valence electrons. The molecule has 0 bridgehead atoms. The van der Waals surface area contributed by atoms with Crippen molar-refractivity contribution in [2.45, 2.75) is 0 Å². The van der Waals surface area contributed by atoms with Gasteiger partial charge in [-0.3, -0.25) is 0 Å². The maximum atomic E-state index is 3.09. The summed E-state index contributed by atoms with van der Waals surface area (Å²) < 4.78 is 0. The lowest BCUT2D eigenvalue weighted by Gasteiger charge is -2.17. The van der Waals surface area contributed by atoms with Gasteiger partial charge < -0.3 is 10.2 Å². The van der Waals surface area contributed by atoms with Crippen LogP contribution in [0.1, 0.15) is 0 Å². The number of nitrogens with one attached hydrogen (secondary N) is 1. The van der Waals surface area contributed by atoms with E-state index < -0.39 is 0 Å². The summed E-state index contributed by atoms with van der Waals surface area (Å²) in [4.78, 5) is 2.15. The third-order valence-electron chi connectivity index (χ3n) is 1.59. The molecule has 0 spiro atoms. The van der Waals surface area contributed by atoms with Crippen LogP contribution in [0, 0.1) is 0 Å². The summed E-state index contributed by atoms with van der Waals surface area (Å²) in [6, 6.07) is 10.3. The Morgan fingerprint density at radius 1 is 1.27 bits per heavy atom. The lowest BCUT2D eigenvalue weighted by Crippen LogP contribution is -2.27. The number of hydrogen-bond acceptors (Lipinski definition) is 2. The van der Waals surface area contributed by atoms with E-state index in [0.29, 0.717) is 0 Å². The maximum absolute atomic E-state index is 3.09. The fraction of sp³-hybridized carbons (Fsp3) is 0.333. The summed E-state index contributed by atoms with van der Waals surface area (Å²) in [6.07, 6.45) is 0. The summed E-state index contributed by atoms with van der Waals surface area (Å²) in [5.74, 6) is 0. The van der Waals surface area contributed by atoms with E-state index in [4.69, 9.17) is 0 Å². The molecule has 1 aromatic rings. The minimum atomic E-state index is 0.879. The fourth-order valence-electron chi connectivity index (χ4n) is 1.01. The number of para-hydroxylation sites is 1. The van der Waals surface area contributed by atoms with E-state index in [1.54, 1.807) is 0 Å². The zero-order valence-electron chi connectivity index (χ0n) is 7.04. The van der Waals surface area contributed by atoms with Crippen molar-refractivity contribution in [1.82, 2.24) is 5.32 Å². The van der Waals surface area contributed by atoms with E-state index in [0.717, 1.165) is 6.67 Å². The van der Waals surface area contributed by atoms with Crippen LogP contribution in [-0.2, 0) is 0 Å². The molecule has 0 unspecified atom stereocenters. The van der Waals surface area contributed by atoms with Crippen molar-refractivity contribution in [3.05, 3.63) is 30.3 Å². The van der Waals surface area contributed by atoms with E-state index in [1.165, 1.54) is 5.69 Å². The Morgan fingerprint density at radius 3 is 2.45 bits per heavy atom. The second-order valence-electron chi connectivity index (χ2n) is 2.55. The van der Waals surface area contributed by atoms with Crippen LogP contribution in [0.25, 0.3) is 0 Å². The SMILES string of the molecule is CNCN(C)c1ccccc1. The molecule has 0 aliphatic heterocycles. The Balaban J connectivity index is 2.61. The molecule has 0 heterocycles. The lowest BCUT2D eigenvalue weighted by molar-refractivity contribution is 0.776. The number of rotatable bonds is 3. The molecular formula is C9H14N2. The zero-order valence-corrected chi connectivity index (χ0v) is 7.04. The monoisotopic (exact) mass is 150 g/mol. The molecule has 1 N–H and O–H groups in total. The molecule has 0 radical (unpaired) electrons. The predicted molar refractivity (Wildman–Crippen MR) is 48.8 cm³/mol. The molecule has 0 amide bonds. The summed E-state index contributed by atoms with van der Waals surface area (Å²) in [5.41, 5.74) is 1.24. The van der Waals surface area contributed by atoms with E-state index in [1.807, 2.05) is 25.2 Å². The average Bonchev–Trinajstić information content (AvgIpc) is 2.07. The predicted octanol–water partition coefficient (Wildman–Crippen LogP) is 1.30. The minimum Gasteiger partial charge on any atom is -0.362 e. The Labute approximate surface area is 67.8 Å². The highest BCUT2D eigenvalue weighted by Crippen LogP contribution is 2.08. The second-order valence-corrected chi connectivity index (χ2v) is 2.55. The molecule has 1 aromatic carbocycles. The molecule has 11 heavy (non-hydrogen) atoms. The van der Waals surface area contributed by atoms with Crippen LogP contribution in [-0.4, -0.2) is 20.8 Å². The van der Waals surface area contributed by atoms with E-state index in [9.17, 15) is 0 Å². The highest BCUT2D eigenvalue weighted by atomic mass is 15.2. The molecule has 0 aliphatic rings. The smallest absolute Gasteiger partial charge is 0.0676 e. The van der Waals surface area contributed by atoms with Crippen LogP contribution in [0.3, 0.4) is 0 Å². The van der Waals surface area contributed by atoms with Crippen molar-refractivity contribution in [2.75, 3.05) is 25.7 Å². The first kappa shape index (κ1) is 8.08. The van der Waals surface area contributed by atoms with Crippen molar-refractivity contribution >= 4 is 5.69 Å². The van der Waals surface area contributed by atoms with Crippen LogP contribution >= 0.6 is 0 Å². The van der Waals surface area contributed by atoms with Crippen molar-refractivity contribution in [1.29, 1.82) is 0 Å². The van der Waals surface area contributed by atoms with Gasteiger partial charge in [-0.1, -0.05) is 18.2 Å². The van der Waals surface area contributed by atoms with Crippen molar-refractivity contribution in [2.24, 2.45) is 0 Å². The van der Waals surface area contributed by atoms with E-state index in [-0.39, 0.29) is 0 Å². The second kappa shape index (κ2) is 3.98.